The summed E-state index contributed by atoms with van der Waals surface area (Å²) in [6.45, 7) is 0. The summed E-state index contributed by atoms with van der Waals surface area (Å²) in [7, 11) is 0. The van der Waals surface area contributed by atoms with Crippen LogP contribution in [0.3, 0.4) is 0 Å². The van der Waals surface area contributed by atoms with E-state index in [4.69, 9.17) is 5.73 Å². The van der Waals surface area contributed by atoms with Crippen LogP contribution in [0.2, 0.25) is 0 Å². The second-order valence-corrected chi connectivity index (χ2v) is 4.89. The quantitative estimate of drug-likeness (QED) is 0.755. The van der Waals surface area contributed by atoms with Crippen LogP contribution in [0.1, 0.15) is 4.88 Å². The van der Waals surface area contributed by atoms with Crippen LogP contribution in [0.4, 0.5) is 16.2 Å². The molecule has 0 spiro atoms. The molecule has 102 valence electrons. The number of rotatable bonds is 4. The highest BCUT2D eigenvalue weighted by atomic mass is 32.1. The fourth-order valence-corrected chi connectivity index (χ4v) is 2.16. The van der Waals surface area contributed by atoms with Crippen LogP contribution < -0.4 is 16.4 Å². The van der Waals surface area contributed by atoms with Gasteiger partial charge in [-0.25, -0.2) is 4.79 Å². The fourth-order valence-electron chi connectivity index (χ4n) is 1.54. The molecule has 3 amide bonds. The van der Waals surface area contributed by atoms with Crippen LogP contribution in [-0.2, 0) is 4.79 Å². The Morgan fingerprint density at radius 3 is 2.50 bits per heavy atom. The summed E-state index contributed by atoms with van der Waals surface area (Å²) in [5.41, 5.74) is 6.14. The summed E-state index contributed by atoms with van der Waals surface area (Å²) in [5, 5.41) is 7.09. The molecule has 0 saturated heterocycles. The van der Waals surface area contributed by atoms with Gasteiger partial charge in [0.25, 0.3) is 0 Å². The average molecular weight is 287 g/mol. The van der Waals surface area contributed by atoms with E-state index < -0.39 is 6.03 Å². The van der Waals surface area contributed by atoms with E-state index in [-0.39, 0.29) is 5.91 Å². The molecule has 0 fully saturated rings. The topological polar surface area (TPSA) is 84.2 Å². The minimum absolute atomic E-state index is 0.241. The minimum Gasteiger partial charge on any atom is -0.351 e. The maximum Gasteiger partial charge on any atom is 0.316 e. The number of urea groups is 1. The van der Waals surface area contributed by atoms with Gasteiger partial charge in [0.1, 0.15) is 0 Å². The molecule has 0 radical (unpaired) electrons. The van der Waals surface area contributed by atoms with E-state index in [9.17, 15) is 9.59 Å². The van der Waals surface area contributed by atoms with Gasteiger partial charge in [-0.15, -0.1) is 11.3 Å². The molecule has 4 N–H and O–H groups in total. The number of thiophene rings is 1. The van der Waals surface area contributed by atoms with E-state index in [1.54, 1.807) is 41.7 Å². The monoisotopic (exact) mass is 287 g/mol. The highest BCUT2D eigenvalue weighted by Gasteiger charge is 2.01. The number of carbonyl (C=O) groups excluding carboxylic acids is 2. The zero-order valence-electron chi connectivity index (χ0n) is 10.5. The first-order valence-electron chi connectivity index (χ1n) is 5.82. The largest absolute Gasteiger partial charge is 0.351 e. The molecule has 0 aliphatic heterocycles. The molecule has 1 aromatic carbocycles. The van der Waals surface area contributed by atoms with E-state index in [0.29, 0.717) is 11.4 Å². The van der Waals surface area contributed by atoms with Crippen LogP contribution >= 0.6 is 11.3 Å². The first-order chi connectivity index (χ1) is 9.63. The first kappa shape index (κ1) is 13.8. The van der Waals surface area contributed by atoms with Crippen molar-refractivity contribution in [3.63, 3.8) is 0 Å². The van der Waals surface area contributed by atoms with Gasteiger partial charge < -0.3 is 16.4 Å². The Morgan fingerprint density at radius 2 is 1.85 bits per heavy atom. The van der Waals surface area contributed by atoms with Gasteiger partial charge in [-0.2, -0.15) is 0 Å². The van der Waals surface area contributed by atoms with E-state index in [0.717, 1.165) is 4.88 Å². The summed E-state index contributed by atoms with van der Waals surface area (Å²) < 4.78 is 0. The predicted octanol–water partition coefficient (Wildman–Crippen LogP) is 2.89. The molecule has 1 heterocycles. The molecular formula is C14H13N3O2S. The summed E-state index contributed by atoms with van der Waals surface area (Å²) in [5.74, 6) is -0.241. The van der Waals surface area contributed by atoms with Crippen LogP contribution in [0.15, 0.2) is 47.9 Å². The molecule has 2 aromatic rings. The molecule has 0 bridgehead atoms. The predicted molar refractivity (Wildman–Crippen MR) is 81.6 cm³/mol. The number of carbonyl (C=O) groups is 2. The Balaban J connectivity index is 1.99. The summed E-state index contributed by atoms with van der Waals surface area (Å²) in [6, 6.07) is 9.94. The normalized spacial score (nSPS) is 10.4. The number of amides is 3. The average Bonchev–Trinajstić information content (AvgIpc) is 2.89. The van der Waals surface area contributed by atoms with Crippen molar-refractivity contribution in [2.24, 2.45) is 5.73 Å². The van der Waals surface area contributed by atoms with Gasteiger partial charge in [0.15, 0.2) is 0 Å². The molecule has 0 aliphatic rings. The maximum atomic E-state index is 11.7. The van der Waals surface area contributed by atoms with Crippen molar-refractivity contribution in [1.82, 2.24) is 0 Å². The van der Waals surface area contributed by atoms with Crippen molar-refractivity contribution in [2.75, 3.05) is 10.6 Å². The Hall–Kier alpha value is -2.60. The van der Waals surface area contributed by atoms with Crippen LogP contribution in [-0.4, -0.2) is 11.9 Å². The third kappa shape index (κ3) is 4.25. The number of nitrogens with one attached hydrogen (secondary N) is 2. The van der Waals surface area contributed by atoms with Gasteiger partial charge in [0, 0.05) is 22.3 Å². The molecular weight excluding hydrogens is 274 g/mol. The minimum atomic E-state index is -0.647. The zero-order chi connectivity index (χ0) is 14.4. The van der Waals surface area contributed by atoms with Crippen molar-refractivity contribution in [3.05, 3.63) is 52.7 Å². The number of anilines is 2. The molecule has 5 nitrogen and oxygen atoms in total. The van der Waals surface area contributed by atoms with E-state index in [1.165, 1.54) is 6.08 Å². The van der Waals surface area contributed by atoms with Gasteiger partial charge in [0.05, 0.1) is 0 Å². The van der Waals surface area contributed by atoms with Gasteiger partial charge in [-0.1, -0.05) is 12.1 Å². The molecule has 0 saturated carbocycles. The lowest BCUT2D eigenvalue weighted by Gasteiger charge is -2.05. The molecule has 0 unspecified atom stereocenters. The molecule has 0 aliphatic carbocycles. The third-order valence-electron chi connectivity index (χ3n) is 2.34. The van der Waals surface area contributed by atoms with Gasteiger partial charge in [-0.3, -0.25) is 4.79 Å². The second kappa shape index (κ2) is 6.53. The van der Waals surface area contributed by atoms with E-state index >= 15 is 0 Å². The standard InChI is InChI=1S/C14H13N3O2S/c15-14(19)17-11-4-1-3-10(9-11)16-13(18)7-6-12-5-2-8-20-12/h1-9H,(H,16,18)(H3,15,17,19)/b7-6+. The highest BCUT2D eigenvalue weighted by molar-refractivity contribution is 7.10. The van der Waals surface area contributed by atoms with Gasteiger partial charge in [0.2, 0.25) is 5.91 Å². The Bertz CT molecular complexity index is 636. The Kier molecular flexibility index (Phi) is 4.52. The van der Waals surface area contributed by atoms with Crippen LogP contribution in [0.25, 0.3) is 6.08 Å². The number of hydrogen-bond donors (Lipinski definition) is 3. The number of hydrogen-bond acceptors (Lipinski definition) is 3. The summed E-state index contributed by atoms with van der Waals surface area (Å²) >= 11 is 1.55. The van der Waals surface area contributed by atoms with E-state index in [1.807, 2.05) is 17.5 Å². The fraction of sp³-hybridized carbons (Fsp3) is 0. The van der Waals surface area contributed by atoms with Gasteiger partial charge >= 0.3 is 6.03 Å². The van der Waals surface area contributed by atoms with Crippen LogP contribution in [0.5, 0.6) is 0 Å². The first-order valence-corrected chi connectivity index (χ1v) is 6.70. The smallest absolute Gasteiger partial charge is 0.316 e. The molecule has 0 atom stereocenters. The summed E-state index contributed by atoms with van der Waals surface area (Å²) in [4.78, 5) is 23.5. The highest BCUT2D eigenvalue weighted by Crippen LogP contribution is 2.15. The van der Waals surface area contributed by atoms with Crippen molar-refractivity contribution in [2.45, 2.75) is 0 Å². The lowest BCUT2D eigenvalue weighted by atomic mass is 10.2. The number of benzene rings is 1. The molecule has 2 rings (SSSR count). The lowest BCUT2D eigenvalue weighted by Crippen LogP contribution is -2.19. The Labute approximate surface area is 120 Å². The molecule has 6 heteroatoms. The number of nitrogens with two attached hydrogens (primary N) is 1. The molecule has 1 aromatic heterocycles. The van der Waals surface area contributed by atoms with Gasteiger partial charge in [-0.05, 0) is 35.7 Å². The van der Waals surface area contributed by atoms with Crippen molar-refractivity contribution < 1.29 is 9.59 Å². The van der Waals surface area contributed by atoms with Crippen LogP contribution in [0, 0.1) is 0 Å². The third-order valence-corrected chi connectivity index (χ3v) is 3.18. The summed E-state index contributed by atoms with van der Waals surface area (Å²) in [6.07, 6.45) is 3.20. The zero-order valence-corrected chi connectivity index (χ0v) is 11.3. The SMILES string of the molecule is NC(=O)Nc1cccc(NC(=O)/C=C/c2cccs2)c1. The van der Waals surface area contributed by atoms with Crippen molar-refractivity contribution >= 4 is 40.7 Å². The van der Waals surface area contributed by atoms with Crippen molar-refractivity contribution in [1.29, 1.82) is 0 Å². The second-order valence-electron chi connectivity index (χ2n) is 3.91. The Morgan fingerprint density at radius 1 is 1.10 bits per heavy atom. The lowest BCUT2D eigenvalue weighted by molar-refractivity contribution is -0.111. The van der Waals surface area contributed by atoms with E-state index in [2.05, 4.69) is 10.6 Å². The van der Waals surface area contributed by atoms with Crippen molar-refractivity contribution in [3.8, 4) is 0 Å². The number of primary amides is 1. The maximum absolute atomic E-state index is 11.7. The molecule has 20 heavy (non-hydrogen) atoms.